The van der Waals surface area contributed by atoms with Crippen LogP contribution in [-0.2, 0) is 14.4 Å². The highest BCUT2D eigenvalue weighted by Crippen LogP contribution is 2.22. The van der Waals surface area contributed by atoms with E-state index < -0.39 is 11.8 Å². The average Bonchev–Trinajstić information content (AvgIpc) is 2.89. The van der Waals surface area contributed by atoms with Crippen molar-refractivity contribution in [1.29, 1.82) is 0 Å². The van der Waals surface area contributed by atoms with Crippen LogP contribution in [0.1, 0.15) is 29.6 Å². The zero-order chi connectivity index (χ0) is 17.7. The van der Waals surface area contributed by atoms with Crippen LogP contribution in [0.3, 0.4) is 0 Å². The molecule has 1 saturated heterocycles. The minimum absolute atomic E-state index is 0.0140. The highest BCUT2D eigenvalue weighted by atomic mass is 35.5. The minimum Gasteiger partial charge on any atom is -0.496 e. The first-order valence-corrected chi connectivity index (χ1v) is 7.56. The fraction of sp³-hybridized carbons (Fsp3) is 0.333. The van der Waals surface area contributed by atoms with Crippen LogP contribution in [0.4, 0.5) is 0 Å². The number of methoxy groups -OCH3 is 1. The third kappa shape index (κ3) is 4.23. The number of nitrogens with zero attached hydrogens (tertiary/aromatic N) is 1. The van der Waals surface area contributed by atoms with Gasteiger partial charge in [-0.1, -0.05) is 11.6 Å². The van der Waals surface area contributed by atoms with E-state index in [0.717, 1.165) is 4.90 Å². The largest absolute Gasteiger partial charge is 0.496 e. The van der Waals surface area contributed by atoms with Gasteiger partial charge in [-0.3, -0.25) is 34.9 Å². The molecule has 0 unspecified atom stereocenters. The number of amides is 4. The molecule has 0 radical (unpaired) electrons. The van der Waals surface area contributed by atoms with Crippen molar-refractivity contribution in [2.45, 2.75) is 19.3 Å². The maximum Gasteiger partial charge on any atom is 0.273 e. The number of hydrogen-bond donors (Lipinski definition) is 2. The number of nitrogens with one attached hydrogen (secondary N) is 2. The maximum absolute atomic E-state index is 12.1. The van der Waals surface area contributed by atoms with Crippen LogP contribution in [0.15, 0.2) is 18.2 Å². The predicted octanol–water partition coefficient (Wildman–Crippen LogP) is 0.649. The maximum atomic E-state index is 12.1. The fourth-order valence-corrected chi connectivity index (χ4v) is 2.37. The van der Waals surface area contributed by atoms with E-state index >= 15 is 0 Å². The number of likely N-dealkylation sites (tertiary alicyclic amines) is 1. The second-order valence-electron chi connectivity index (χ2n) is 5.04. The molecule has 0 saturated carbocycles. The Labute approximate surface area is 143 Å². The van der Waals surface area contributed by atoms with Crippen molar-refractivity contribution in [3.8, 4) is 5.75 Å². The molecule has 0 aliphatic carbocycles. The molecule has 9 heteroatoms. The first-order valence-electron chi connectivity index (χ1n) is 7.18. The smallest absolute Gasteiger partial charge is 0.273 e. The SMILES string of the molecule is COc1ccc(Cl)cc1C(=O)NNC(=O)CCN1C(=O)CCC1=O. The third-order valence-corrected chi connectivity index (χ3v) is 3.67. The molecule has 1 heterocycles. The van der Waals surface area contributed by atoms with E-state index in [1.54, 1.807) is 6.07 Å². The third-order valence-electron chi connectivity index (χ3n) is 3.44. The summed E-state index contributed by atoms with van der Waals surface area (Å²) in [6.07, 6.45) is 0.238. The Kier molecular flexibility index (Phi) is 5.75. The summed E-state index contributed by atoms with van der Waals surface area (Å²) in [6.45, 7) is -0.0140. The number of ether oxygens (including phenoxy) is 1. The molecule has 1 aromatic rings. The number of carbonyl (C=O) groups is 4. The van der Waals surface area contributed by atoms with E-state index in [9.17, 15) is 19.2 Å². The van der Waals surface area contributed by atoms with Crippen LogP contribution in [-0.4, -0.2) is 42.2 Å². The van der Waals surface area contributed by atoms with Gasteiger partial charge in [0.1, 0.15) is 5.75 Å². The van der Waals surface area contributed by atoms with Crippen LogP contribution < -0.4 is 15.6 Å². The molecule has 1 aliphatic heterocycles. The van der Waals surface area contributed by atoms with Gasteiger partial charge in [-0.05, 0) is 18.2 Å². The standard InChI is InChI=1S/C15H16ClN3O5/c1-24-11-3-2-9(16)8-10(11)15(23)18-17-12(20)6-7-19-13(21)4-5-14(19)22/h2-3,8H,4-7H2,1H3,(H,17,20)(H,18,23). The van der Waals surface area contributed by atoms with Crippen LogP contribution in [0.25, 0.3) is 0 Å². The quantitative estimate of drug-likeness (QED) is 0.597. The number of rotatable bonds is 5. The Morgan fingerprint density at radius 2 is 1.88 bits per heavy atom. The van der Waals surface area contributed by atoms with Crippen molar-refractivity contribution in [3.05, 3.63) is 28.8 Å². The Morgan fingerprint density at radius 3 is 2.50 bits per heavy atom. The highest BCUT2D eigenvalue weighted by Gasteiger charge is 2.28. The minimum atomic E-state index is -0.601. The zero-order valence-electron chi connectivity index (χ0n) is 12.9. The summed E-state index contributed by atoms with van der Waals surface area (Å²) >= 11 is 5.84. The topological polar surface area (TPSA) is 105 Å². The van der Waals surface area contributed by atoms with Crippen molar-refractivity contribution in [2.24, 2.45) is 0 Å². The summed E-state index contributed by atoms with van der Waals surface area (Å²) in [4.78, 5) is 47.7. The van der Waals surface area contributed by atoms with Gasteiger partial charge in [0, 0.05) is 30.8 Å². The molecule has 0 bridgehead atoms. The van der Waals surface area contributed by atoms with E-state index in [4.69, 9.17) is 16.3 Å². The predicted molar refractivity (Wildman–Crippen MR) is 84.2 cm³/mol. The number of carbonyl (C=O) groups excluding carboxylic acids is 4. The van der Waals surface area contributed by atoms with Gasteiger partial charge in [0.2, 0.25) is 17.7 Å². The lowest BCUT2D eigenvalue weighted by Crippen LogP contribution is -2.43. The number of hydrazine groups is 1. The molecule has 1 aliphatic rings. The fourth-order valence-electron chi connectivity index (χ4n) is 2.20. The molecule has 0 aromatic heterocycles. The molecule has 8 nitrogen and oxygen atoms in total. The van der Waals surface area contributed by atoms with Crippen molar-refractivity contribution < 1.29 is 23.9 Å². The Morgan fingerprint density at radius 1 is 1.21 bits per heavy atom. The summed E-state index contributed by atoms with van der Waals surface area (Å²) in [5.74, 6) is -1.41. The van der Waals surface area contributed by atoms with Gasteiger partial charge in [-0.15, -0.1) is 0 Å². The molecule has 24 heavy (non-hydrogen) atoms. The van der Waals surface area contributed by atoms with Crippen LogP contribution >= 0.6 is 11.6 Å². The van der Waals surface area contributed by atoms with E-state index in [0.29, 0.717) is 10.8 Å². The second kappa shape index (κ2) is 7.78. The van der Waals surface area contributed by atoms with Gasteiger partial charge in [-0.25, -0.2) is 0 Å². The molecular formula is C15H16ClN3O5. The van der Waals surface area contributed by atoms with Gasteiger partial charge in [0.15, 0.2) is 0 Å². The van der Waals surface area contributed by atoms with Gasteiger partial charge in [0.25, 0.3) is 5.91 Å². The second-order valence-corrected chi connectivity index (χ2v) is 5.47. The lowest BCUT2D eigenvalue weighted by Gasteiger charge is -2.14. The normalized spacial score (nSPS) is 13.8. The lowest BCUT2D eigenvalue weighted by atomic mass is 10.2. The molecule has 1 fully saturated rings. The Bertz CT molecular complexity index is 676. The first-order chi connectivity index (χ1) is 11.4. The number of hydrogen-bond acceptors (Lipinski definition) is 5. The molecular weight excluding hydrogens is 338 g/mol. The number of halogens is 1. The van der Waals surface area contributed by atoms with Gasteiger partial charge in [0.05, 0.1) is 12.7 Å². The first kappa shape index (κ1) is 17.7. The summed E-state index contributed by atoms with van der Waals surface area (Å²) in [5, 5.41) is 0.346. The summed E-state index contributed by atoms with van der Waals surface area (Å²) < 4.78 is 5.05. The van der Waals surface area contributed by atoms with E-state index in [-0.39, 0.29) is 43.2 Å². The number of imide groups is 1. The molecule has 128 valence electrons. The highest BCUT2D eigenvalue weighted by molar-refractivity contribution is 6.31. The zero-order valence-corrected chi connectivity index (χ0v) is 13.7. The Balaban J connectivity index is 1.85. The Hall–Kier alpha value is -2.61. The van der Waals surface area contributed by atoms with Crippen LogP contribution in [0.2, 0.25) is 5.02 Å². The van der Waals surface area contributed by atoms with Crippen LogP contribution in [0.5, 0.6) is 5.75 Å². The van der Waals surface area contributed by atoms with Crippen molar-refractivity contribution in [1.82, 2.24) is 15.8 Å². The molecule has 2 N–H and O–H groups in total. The van der Waals surface area contributed by atoms with Gasteiger partial charge >= 0.3 is 0 Å². The van der Waals surface area contributed by atoms with Crippen LogP contribution in [0, 0.1) is 0 Å². The summed E-state index contributed by atoms with van der Waals surface area (Å²) in [5.41, 5.74) is 4.61. The lowest BCUT2D eigenvalue weighted by molar-refractivity contribution is -0.138. The monoisotopic (exact) mass is 353 g/mol. The molecule has 0 atom stereocenters. The molecule has 4 amide bonds. The van der Waals surface area contributed by atoms with Crippen molar-refractivity contribution >= 4 is 35.2 Å². The summed E-state index contributed by atoms with van der Waals surface area (Å²) in [7, 11) is 1.41. The van der Waals surface area contributed by atoms with Crippen molar-refractivity contribution in [2.75, 3.05) is 13.7 Å². The summed E-state index contributed by atoms with van der Waals surface area (Å²) in [6, 6.07) is 4.51. The molecule has 0 spiro atoms. The van der Waals surface area contributed by atoms with E-state index in [2.05, 4.69) is 10.9 Å². The average molecular weight is 354 g/mol. The van der Waals surface area contributed by atoms with Gasteiger partial charge < -0.3 is 4.74 Å². The van der Waals surface area contributed by atoms with Crippen molar-refractivity contribution in [3.63, 3.8) is 0 Å². The number of benzene rings is 1. The van der Waals surface area contributed by atoms with Gasteiger partial charge in [-0.2, -0.15) is 0 Å². The van der Waals surface area contributed by atoms with E-state index in [1.807, 2.05) is 0 Å². The molecule has 2 rings (SSSR count). The molecule has 1 aromatic carbocycles. The van der Waals surface area contributed by atoms with E-state index in [1.165, 1.54) is 19.2 Å².